The Morgan fingerprint density at radius 3 is 1.88 bits per heavy atom. The van der Waals surface area contributed by atoms with Gasteiger partial charge in [-0.3, -0.25) is 9.59 Å². The molecule has 0 N–H and O–H groups in total. The zero-order chi connectivity index (χ0) is 13.3. The third-order valence-electron chi connectivity index (χ3n) is 5.27. The van der Waals surface area contributed by atoms with Gasteiger partial charge in [0, 0.05) is 24.7 Å². The monoisotopic (exact) mass is 238 g/mol. The number of carbonyl (C=O) groups is 2. The largest absolute Gasteiger partial charge is 0.300 e. The molecule has 2 bridgehead atoms. The molecular weight excluding hydrogens is 212 g/mol. The summed E-state index contributed by atoms with van der Waals surface area (Å²) in [5.74, 6) is 1.54. The molecule has 2 unspecified atom stereocenters. The first kappa shape index (κ1) is 14.4. The third-order valence-corrected chi connectivity index (χ3v) is 5.27. The lowest BCUT2D eigenvalue weighted by molar-refractivity contribution is -0.128. The van der Waals surface area contributed by atoms with Crippen molar-refractivity contribution in [3.63, 3.8) is 0 Å². The minimum atomic E-state index is 0.0255. The van der Waals surface area contributed by atoms with Crippen LogP contribution in [0.2, 0.25) is 0 Å². The van der Waals surface area contributed by atoms with E-state index < -0.39 is 0 Å². The molecule has 2 fully saturated rings. The molecule has 98 valence electrons. The van der Waals surface area contributed by atoms with Gasteiger partial charge in [0.15, 0.2) is 0 Å². The minimum absolute atomic E-state index is 0.0255. The number of fused-ring (bicyclic) bond motifs is 2. The van der Waals surface area contributed by atoms with Crippen LogP contribution in [0, 0.1) is 16.7 Å². The molecule has 0 aromatic rings. The van der Waals surface area contributed by atoms with Crippen molar-refractivity contribution < 1.29 is 9.59 Å². The van der Waals surface area contributed by atoms with Crippen molar-refractivity contribution in [1.82, 2.24) is 0 Å². The van der Waals surface area contributed by atoms with E-state index in [1.807, 2.05) is 13.8 Å². The highest BCUT2D eigenvalue weighted by Gasteiger charge is 2.61. The van der Waals surface area contributed by atoms with Crippen molar-refractivity contribution in [2.45, 2.75) is 66.7 Å². The van der Waals surface area contributed by atoms with Crippen LogP contribution in [0.1, 0.15) is 66.7 Å². The quantitative estimate of drug-likeness (QED) is 0.733. The fraction of sp³-hybridized carbons (Fsp3) is 0.867. The number of ketones is 2. The predicted octanol–water partition coefficient (Wildman–Crippen LogP) is 3.78. The number of rotatable bonds is 2. The minimum Gasteiger partial charge on any atom is -0.300 e. The molecule has 17 heavy (non-hydrogen) atoms. The second kappa shape index (κ2) is 4.91. The van der Waals surface area contributed by atoms with Gasteiger partial charge in [-0.05, 0) is 24.2 Å². The van der Waals surface area contributed by atoms with Gasteiger partial charge in [-0.25, -0.2) is 0 Å². The molecule has 0 saturated heterocycles. The summed E-state index contributed by atoms with van der Waals surface area (Å²) < 4.78 is 0. The molecule has 2 rings (SSSR count). The molecule has 0 aliphatic heterocycles. The highest BCUT2D eigenvalue weighted by Crippen LogP contribution is 2.63. The van der Waals surface area contributed by atoms with Crippen LogP contribution in [0.15, 0.2) is 0 Å². The maximum absolute atomic E-state index is 11.6. The second-order valence-corrected chi connectivity index (χ2v) is 6.16. The molecule has 0 spiro atoms. The Hall–Kier alpha value is -0.660. The van der Waals surface area contributed by atoms with E-state index >= 15 is 0 Å². The van der Waals surface area contributed by atoms with Crippen molar-refractivity contribution in [1.29, 1.82) is 0 Å². The summed E-state index contributed by atoms with van der Waals surface area (Å²) >= 11 is 0. The molecule has 2 saturated carbocycles. The molecular formula is C15H26O2. The standard InChI is InChI=1S/C10H16O.C5H10O/c1-9(2)7-4-5-10(9,3)8(11)6-7;1-3-5(6)4-2/h7H,4-6H2,1-3H3;3-4H2,1-2H3. The Kier molecular flexibility index (Phi) is 4.16. The van der Waals surface area contributed by atoms with Crippen LogP contribution < -0.4 is 0 Å². The van der Waals surface area contributed by atoms with Crippen LogP contribution in [0.25, 0.3) is 0 Å². The van der Waals surface area contributed by atoms with Gasteiger partial charge in [-0.2, -0.15) is 0 Å². The van der Waals surface area contributed by atoms with Crippen LogP contribution in [-0.2, 0) is 9.59 Å². The average Bonchev–Trinajstić information content (AvgIpc) is 2.61. The van der Waals surface area contributed by atoms with E-state index in [1.165, 1.54) is 6.42 Å². The summed E-state index contributed by atoms with van der Waals surface area (Å²) in [5, 5.41) is 0. The summed E-state index contributed by atoms with van der Waals surface area (Å²) in [5.41, 5.74) is 0.307. The van der Waals surface area contributed by atoms with Crippen LogP contribution >= 0.6 is 0 Å². The van der Waals surface area contributed by atoms with E-state index in [9.17, 15) is 9.59 Å². The fourth-order valence-corrected chi connectivity index (χ4v) is 3.15. The van der Waals surface area contributed by atoms with E-state index in [2.05, 4.69) is 20.8 Å². The van der Waals surface area contributed by atoms with Crippen molar-refractivity contribution in [3.05, 3.63) is 0 Å². The molecule has 0 heterocycles. The lowest BCUT2D eigenvalue weighted by Crippen LogP contribution is -2.32. The Morgan fingerprint density at radius 2 is 1.76 bits per heavy atom. The molecule has 0 amide bonds. The van der Waals surface area contributed by atoms with Crippen molar-refractivity contribution in [3.8, 4) is 0 Å². The van der Waals surface area contributed by atoms with Crippen LogP contribution in [0.3, 0.4) is 0 Å². The Morgan fingerprint density at radius 1 is 1.24 bits per heavy atom. The van der Waals surface area contributed by atoms with Gasteiger partial charge < -0.3 is 0 Å². The molecule has 2 aliphatic rings. The third kappa shape index (κ3) is 2.31. The summed E-state index contributed by atoms with van der Waals surface area (Å²) in [6, 6.07) is 0. The molecule has 2 aliphatic carbocycles. The van der Waals surface area contributed by atoms with Gasteiger partial charge >= 0.3 is 0 Å². The summed E-state index contributed by atoms with van der Waals surface area (Å²) in [7, 11) is 0. The molecule has 2 nitrogen and oxygen atoms in total. The maximum Gasteiger partial charge on any atom is 0.139 e. The van der Waals surface area contributed by atoms with Crippen molar-refractivity contribution >= 4 is 11.6 Å². The van der Waals surface area contributed by atoms with Crippen molar-refractivity contribution in [2.24, 2.45) is 16.7 Å². The Balaban J connectivity index is 0.000000209. The normalized spacial score (nSPS) is 33.2. The summed E-state index contributed by atoms with van der Waals surface area (Å²) in [6.07, 6.45) is 4.63. The lowest BCUT2D eigenvalue weighted by atomic mass is 9.70. The summed E-state index contributed by atoms with van der Waals surface area (Å²) in [6.45, 7) is 10.4. The Bertz CT molecular complexity index is 311. The molecule has 0 radical (unpaired) electrons. The zero-order valence-corrected chi connectivity index (χ0v) is 11.9. The van der Waals surface area contributed by atoms with E-state index in [0.717, 1.165) is 12.8 Å². The van der Waals surface area contributed by atoms with Crippen molar-refractivity contribution in [2.75, 3.05) is 0 Å². The van der Waals surface area contributed by atoms with E-state index in [4.69, 9.17) is 0 Å². The molecule has 2 heteroatoms. The Labute approximate surface area is 105 Å². The van der Waals surface area contributed by atoms with Crippen LogP contribution in [0.5, 0.6) is 0 Å². The highest BCUT2D eigenvalue weighted by molar-refractivity contribution is 5.89. The topological polar surface area (TPSA) is 34.1 Å². The van der Waals surface area contributed by atoms with Crippen LogP contribution in [0.4, 0.5) is 0 Å². The highest BCUT2D eigenvalue weighted by atomic mass is 16.1. The maximum atomic E-state index is 11.6. The first-order valence-electron chi connectivity index (χ1n) is 6.84. The van der Waals surface area contributed by atoms with Gasteiger partial charge in [0.25, 0.3) is 0 Å². The summed E-state index contributed by atoms with van der Waals surface area (Å²) in [4.78, 5) is 21.8. The van der Waals surface area contributed by atoms with Gasteiger partial charge in [0.1, 0.15) is 11.6 Å². The second-order valence-electron chi connectivity index (χ2n) is 6.16. The first-order valence-corrected chi connectivity index (χ1v) is 6.84. The zero-order valence-electron chi connectivity index (χ0n) is 11.9. The average molecular weight is 238 g/mol. The van der Waals surface area contributed by atoms with Crippen LogP contribution in [-0.4, -0.2) is 11.6 Å². The fourth-order valence-electron chi connectivity index (χ4n) is 3.15. The molecule has 2 atom stereocenters. The van der Waals surface area contributed by atoms with E-state index in [-0.39, 0.29) is 10.8 Å². The number of hydrogen-bond acceptors (Lipinski definition) is 2. The predicted molar refractivity (Wildman–Crippen MR) is 69.8 cm³/mol. The SMILES string of the molecule is CC12CCC(CC1=O)C2(C)C.CCC(=O)CC. The number of Topliss-reactive ketones (excluding diaryl/α,β-unsaturated/α-hetero) is 2. The molecule has 0 aromatic carbocycles. The number of hydrogen-bond donors (Lipinski definition) is 0. The van der Waals surface area contributed by atoms with Gasteiger partial charge in [-0.15, -0.1) is 0 Å². The first-order chi connectivity index (χ1) is 7.79. The van der Waals surface area contributed by atoms with E-state index in [0.29, 0.717) is 30.3 Å². The van der Waals surface area contributed by atoms with E-state index in [1.54, 1.807) is 0 Å². The van der Waals surface area contributed by atoms with Gasteiger partial charge in [0.2, 0.25) is 0 Å². The van der Waals surface area contributed by atoms with Gasteiger partial charge in [0.05, 0.1) is 0 Å². The molecule has 0 aromatic heterocycles. The smallest absolute Gasteiger partial charge is 0.139 e. The number of carbonyl (C=O) groups excluding carboxylic acids is 2. The lowest BCUT2D eigenvalue weighted by Gasteiger charge is -2.32. The van der Waals surface area contributed by atoms with Gasteiger partial charge in [-0.1, -0.05) is 34.6 Å².